The second kappa shape index (κ2) is 7.13. The fourth-order valence-corrected chi connectivity index (χ4v) is 7.58. The van der Waals surface area contributed by atoms with Crippen LogP contribution >= 0.6 is 15.9 Å². The van der Waals surface area contributed by atoms with E-state index in [2.05, 4.69) is 21.2 Å². The van der Waals surface area contributed by atoms with Crippen molar-refractivity contribution >= 4 is 47.2 Å². The van der Waals surface area contributed by atoms with E-state index in [1.807, 2.05) is 6.07 Å². The Hall–Kier alpha value is -1.71. The third kappa shape index (κ3) is 4.16. The number of carbonyl (C=O) groups is 1. The number of amides is 1. The van der Waals surface area contributed by atoms with Gasteiger partial charge in [-0.1, -0.05) is 28.1 Å². The molecule has 1 fully saturated rings. The smallest absolute Gasteiger partial charge is 0.255 e. The fraction of sp³-hybridized carbons (Fsp3) is 0.235. The van der Waals surface area contributed by atoms with Crippen LogP contribution < -0.4 is 5.32 Å². The number of anilines is 1. The Labute approximate surface area is 160 Å². The molecule has 3 rings (SSSR count). The zero-order chi connectivity index (χ0) is 18.9. The van der Waals surface area contributed by atoms with Crippen molar-refractivity contribution in [2.24, 2.45) is 0 Å². The third-order valence-corrected chi connectivity index (χ3v) is 8.80. The van der Waals surface area contributed by atoms with E-state index in [0.29, 0.717) is 5.69 Å². The molecule has 0 aliphatic carbocycles. The molecular formula is C17H16BrNO5S2. The minimum atomic E-state index is -3.81. The van der Waals surface area contributed by atoms with Crippen LogP contribution in [0.5, 0.6) is 0 Å². The van der Waals surface area contributed by atoms with Gasteiger partial charge >= 0.3 is 0 Å². The summed E-state index contributed by atoms with van der Waals surface area (Å²) in [5.41, 5.74) is 0.756. The summed E-state index contributed by atoms with van der Waals surface area (Å²) in [6.07, 6.45) is 0.0825. The van der Waals surface area contributed by atoms with Gasteiger partial charge in [-0.25, -0.2) is 16.8 Å². The van der Waals surface area contributed by atoms with Gasteiger partial charge in [-0.15, -0.1) is 0 Å². The number of hydrogen-bond acceptors (Lipinski definition) is 5. The topological polar surface area (TPSA) is 97.4 Å². The van der Waals surface area contributed by atoms with Gasteiger partial charge in [-0.3, -0.25) is 4.79 Å². The Kier molecular flexibility index (Phi) is 5.23. The molecule has 2 aromatic carbocycles. The van der Waals surface area contributed by atoms with E-state index in [0.717, 1.165) is 4.47 Å². The maximum absolute atomic E-state index is 12.7. The van der Waals surface area contributed by atoms with Crippen molar-refractivity contribution in [3.05, 3.63) is 58.6 Å². The maximum atomic E-state index is 12.7. The Balaban J connectivity index is 1.85. The van der Waals surface area contributed by atoms with Gasteiger partial charge in [-0.05, 0) is 42.8 Å². The highest BCUT2D eigenvalue weighted by molar-refractivity contribution is 9.10. The molecule has 0 saturated carbocycles. The molecule has 26 heavy (non-hydrogen) atoms. The quantitative estimate of drug-likeness (QED) is 0.760. The lowest BCUT2D eigenvalue weighted by Crippen LogP contribution is -2.23. The van der Waals surface area contributed by atoms with E-state index >= 15 is 0 Å². The zero-order valence-corrected chi connectivity index (χ0v) is 16.8. The van der Waals surface area contributed by atoms with Crippen LogP contribution in [0, 0.1) is 0 Å². The van der Waals surface area contributed by atoms with E-state index in [-0.39, 0.29) is 28.4 Å². The van der Waals surface area contributed by atoms with Gasteiger partial charge in [0.1, 0.15) is 0 Å². The maximum Gasteiger partial charge on any atom is 0.255 e. The number of rotatable bonds is 4. The molecule has 2 aromatic rings. The predicted octanol–water partition coefficient (Wildman–Crippen LogP) is 2.66. The molecule has 1 amide bonds. The van der Waals surface area contributed by atoms with Crippen LogP contribution in [0.3, 0.4) is 0 Å². The van der Waals surface area contributed by atoms with Gasteiger partial charge in [0, 0.05) is 15.7 Å². The summed E-state index contributed by atoms with van der Waals surface area (Å²) in [5.74, 6) is -0.941. The molecule has 1 heterocycles. The minimum Gasteiger partial charge on any atom is -0.322 e. The number of carbonyl (C=O) groups excluding carboxylic acids is 1. The van der Waals surface area contributed by atoms with Gasteiger partial charge < -0.3 is 5.32 Å². The van der Waals surface area contributed by atoms with Crippen LogP contribution in [0.4, 0.5) is 5.69 Å². The Morgan fingerprint density at radius 3 is 2.50 bits per heavy atom. The molecule has 1 aliphatic rings. The lowest BCUT2D eigenvalue weighted by molar-refractivity contribution is 0.102. The van der Waals surface area contributed by atoms with E-state index in [1.54, 1.807) is 18.2 Å². The monoisotopic (exact) mass is 457 g/mol. The first kappa shape index (κ1) is 19.1. The molecule has 0 radical (unpaired) electrons. The first-order valence-electron chi connectivity index (χ1n) is 7.79. The van der Waals surface area contributed by atoms with Gasteiger partial charge in [0.15, 0.2) is 19.7 Å². The minimum absolute atomic E-state index is 0.0403. The van der Waals surface area contributed by atoms with Crippen molar-refractivity contribution in [2.45, 2.75) is 16.6 Å². The highest BCUT2D eigenvalue weighted by atomic mass is 79.9. The van der Waals surface area contributed by atoms with Crippen molar-refractivity contribution < 1.29 is 21.6 Å². The second-order valence-electron chi connectivity index (χ2n) is 6.06. The van der Waals surface area contributed by atoms with Crippen LogP contribution in [0.15, 0.2) is 57.9 Å². The molecule has 9 heteroatoms. The van der Waals surface area contributed by atoms with Crippen LogP contribution in [0.2, 0.25) is 0 Å². The van der Waals surface area contributed by atoms with Crippen molar-refractivity contribution in [3.63, 3.8) is 0 Å². The van der Waals surface area contributed by atoms with Crippen LogP contribution in [-0.2, 0) is 19.7 Å². The average Bonchev–Trinajstić information content (AvgIpc) is 2.96. The molecular weight excluding hydrogens is 442 g/mol. The van der Waals surface area contributed by atoms with E-state index in [4.69, 9.17) is 0 Å². The SMILES string of the molecule is O=C(Nc1cccc(Br)c1)c1cccc(S(=O)(=O)[C@H]2CCS(=O)(=O)C2)c1. The fourth-order valence-electron chi connectivity index (χ4n) is 2.78. The molecule has 1 saturated heterocycles. The van der Waals surface area contributed by atoms with Gasteiger partial charge in [0.25, 0.3) is 5.91 Å². The van der Waals surface area contributed by atoms with E-state index in [9.17, 15) is 21.6 Å². The molecule has 1 atom stereocenters. The average molecular weight is 458 g/mol. The van der Waals surface area contributed by atoms with Gasteiger partial charge in [0.05, 0.1) is 21.7 Å². The molecule has 6 nitrogen and oxygen atoms in total. The van der Waals surface area contributed by atoms with Crippen molar-refractivity contribution in [1.29, 1.82) is 0 Å². The summed E-state index contributed by atoms with van der Waals surface area (Å²) in [7, 11) is -7.13. The summed E-state index contributed by atoms with van der Waals surface area (Å²) in [4.78, 5) is 12.4. The molecule has 0 unspecified atom stereocenters. The number of halogens is 1. The van der Waals surface area contributed by atoms with Gasteiger partial charge in [0.2, 0.25) is 0 Å². The first-order chi connectivity index (χ1) is 12.2. The molecule has 0 spiro atoms. The highest BCUT2D eigenvalue weighted by Gasteiger charge is 2.38. The van der Waals surface area contributed by atoms with Crippen LogP contribution in [-0.4, -0.2) is 39.5 Å². The normalized spacial score (nSPS) is 19.2. The molecule has 1 aliphatic heterocycles. The molecule has 138 valence electrons. The van der Waals surface area contributed by atoms with Crippen molar-refractivity contribution in [2.75, 3.05) is 16.8 Å². The Bertz CT molecular complexity index is 1060. The summed E-state index contributed by atoms with van der Waals surface area (Å²) < 4.78 is 49.4. The molecule has 1 N–H and O–H groups in total. The summed E-state index contributed by atoms with van der Waals surface area (Å²) in [6.45, 7) is 0. The second-order valence-corrected chi connectivity index (χ2v) is 11.4. The Morgan fingerprint density at radius 1 is 1.12 bits per heavy atom. The number of sulfone groups is 2. The standard InChI is InChI=1S/C17H16BrNO5S2/c18-13-4-2-5-14(10-13)19-17(20)12-3-1-6-15(9-12)26(23,24)16-7-8-25(21,22)11-16/h1-6,9-10,16H,7-8,11H2,(H,19,20)/t16-/m0/s1. The largest absolute Gasteiger partial charge is 0.322 e. The summed E-state index contributed by atoms with van der Waals surface area (Å²) in [5, 5.41) is 1.74. The van der Waals surface area contributed by atoms with Crippen LogP contribution in [0.1, 0.15) is 16.8 Å². The number of benzene rings is 2. The predicted molar refractivity (Wildman–Crippen MR) is 103 cm³/mol. The summed E-state index contributed by atoms with van der Waals surface area (Å²) in [6, 6.07) is 12.7. The third-order valence-electron chi connectivity index (χ3n) is 4.14. The summed E-state index contributed by atoms with van der Waals surface area (Å²) >= 11 is 3.31. The lowest BCUT2D eigenvalue weighted by Gasteiger charge is -2.11. The Morgan fingerprint density at radius 2 is 1.85 bits per heavy atom. The zero-order valence-electron chi connectivity index (χ0n) is 13.6. The van der Waals surface area contributed by atoms with Crippen molar-refractivity contribution in [3.8, 4) is 0 Å². The number of nitrogens with one attached hydrogen (secondary N) is 1. The van der Waals surface area contributed by atoms with Gasteiger partial charge in [-0.2, -0.15) is 0 Å². The lowest BCUT2D eigenvalue weighted by atomic mass is 10.2. The van der Waals surface area contributed by atoms with Crippen molar-refractivity contribution in [1.82, 2.24) is 0 Å². The van der Waals surface area contributed by atoms with Crippen LogP contribution in [0.25, 0.3) is 0 Å². The number of hydrogen-bond donors (Lipinski definition) is 1. The van der Waals surface area contributed by atoms with E-state index in [1.165, 1.54) is 24.3 Å². The first-order valence-corrected chi connectivity index (χ1v) is 11.9. The molecule has 0 aromatic heterocycles. The highest BCUT2D eigenvalue weighted by Crippen LogP contribution is 2.26. The van der Waals surface area contributed by atoms with E-state index < -0.39 is 30.8 Å². The molecule has 0 bridgehead atoms.